The molecule has 9 heteroatoms. The standard InChI is InChI=1S/C28H43NO8/c1-8-9-19(6)26(32)35-20(7)15-28(29,27(33)34)16-21-10-11-22(36-24(30)12-17(2)3)23(14-21)37-25(31)13-18(4)5/h10-11,14,17-20H,8-9,12-13,15-16,29H2,1-7H3,(H,33,34)/t19?,20-,28?/m0/s1. The largest absolute Gasteiger partial charge is 0.480 e. The van der Waals surface area contributed by atoms with Gasteiger partial charge in [0.1, 0.15) is 11.6 Å². The van der Waals surface area contributed by atoms with Gasteiger partial charge in [-0.3, -0.25) is 19.2 Å². The summed E-state index contributed by atoms with van der Waals surface area (Å²) in [4.78, 5) is 49.0. The Labute approximate surface area is 220 Å². The fraction of sp³-hybridized carbons (Fsp3) is 0.643. The zero-order chi connectivity index (χ0) is 28.3. The van der Waals surface area contributed by atoms with Crippen molar-refractivity contribution < 1.29 is 38.5 Å². The van der Waals surface area contributed by atoms with E-state index in [2.05, 4.69) is 0 Å². The van der Waals surface area contributed by atoms with Crippen molar-refractivity contribution in [2.45, 2.75) is 98.6 Å². The van der Waals surface area contributed by atoms with Crippen molar-refractivity contribution in [2.75, 3.05) is 0 Å². The maximum absolute atomic E-state index is 12.4. The zero-order valence-corrected chi connectivity index (χ0v) is 23.2. The third-order valence-corrected chi connectivity index (χ3v) is 5.64. The minimum absolute atomic E-state index is 0.0147. The van der Waals surface area contributed by atoms with E-state index in [1.165, 1.54) is 12.1 Å². The lowest BCUT2D eigenvalue weighted by Crippen LogP contribution is -2.52. The summed E-state index contributed by atoms with van der Waals surface area (Å²) in [6.45, 7) is 12.8. The Kier molecular flexibility index (Phi) is 12.8. The van der Waals surface area contributed by atoms with Crippen LogP contribution in [0.25, 0.3) is 0 Å². The molecule has 0 fully saturated rings. The molecule has 1 aromatic carbocycles. The van der Waals surface area contributed by atoms with Crippen LogP contribution in [-0.2, 0) is 30.3 Å². The number of esters is 3. The van der Waals surface area contributed by atoms with Crippen molar-refractivity contribution in [3.8, 4) is 11.5 Å². The van der Waals surface area contributed by atoms with Crippen LogP contribution in [0.5, 0.6) is 11.5 Å². The smallest absolute Gasteiger partial charge is 0.324 e. The number of aliphatic carboxylic acids is 1. The second-order valence-corrected chi connectivity index (χ2v) is 10.7. The molecule has 0 aliphatic heterocycles. The number of carbonyl (C=O) groups is 4. The molecule has 0 aromatic heterocycles. The number of nitrogens with two attached hydrogens (primary N) is 1. The normalized spacial score (nSPS) is 14.5. The summed E-state index contributed by atoms with van der Waals surface area (Å²) in [5.41, 5.74) is 4.99. The molecule has 0 saturated heterocycles. The van der Waals surface area contributed by atoms with Gasteiger partial charge in [0.15, 0.2) is 11.5 Å². The van der Waals surface area contributed by atoms with Crippen LogP contribution in [0.1, 0.15) is 86.1 Å². The summed E-state index contributed by atoms with van der Waals surface area (Å²) in [7, 11) is 0. The van der Waals surface area contributed by atoms with E-state index in [1.54, 1.807) is 19.9 Å². The van der Waals surface area contributed by atoms with Crippen molar-refractivity contribution in [3.63, 3.8) is 0 Å². The summed E-state index contributed by atoms with van der Waals surface area (Å²) in [5, 5.41) is 9.92. The van der Waals surface area contributed by atoms with Gasteiger partial charge in [0, 0.05) is 25.7 Å². The van der Waals surface area contributed by atoms with Crippen LogP contribution >= 0.6 is 0 Å². The fourth-order valence-electron chi connectivity index (χ4n) is 3.84. The van der Waals surface area contributed by atoms with E-state index in [1.807, 2.05) is 34.6 Å². The number of hydrogen-bond donors (Lipinski definition) is 2. The number of benzene rings is 1. The molecule has 0 saturated carbocycles. The molecule has 208 valence electrons. The summed E-state index contributed by atoms with van der Waals surface area (Å²) in [5.74, 6) is -2.72. The molecule has 37 heavy (non-hydrogen) atoms. The monoisotopic (exact) mass is 521 g/mol. The summed E-state index contributed by atoms with van der Waals surface area (Å²) in [6, 6.07) is 4.49. The van der Waals surface area contributed by atoms with Gasteiger partial charge in [-0.15, -0.1) is 0 Å². The minimum atomic E-state index is -1.76. The molecule has 1 rings (SSSR count). The number of carboxylic acids is 1. The van der Waals surface area contributed by atoms with Gasteiger partial charge in [0.05, 0.1) is 5.92 Å². The molecule has 0 amide bonds. The fourth-order valence-corrected chi connectivity index (χ4v) is 3.84. The van der Waals surface area contributed by atoms with Crippen molar-refractivity contribution >= 4 is 23.9 Å². The van der Waals surface area contributed by atoms with Gasteiger partial charge in [0.2, 0.25) is 0 Å². The van der Waals surface area contributed by atoms with E-state index < -0.39 is 35.5 Å². The molecule has 0 radical (unpaired) electrons. The van der Waals surface area contributed by atoms with E-state index >= 15 is 0 Å². The second-order valence-electron chi connectivity index (χ2n) is 10.7. The molecule has 3 atom stereocenters. The molecule has 0 aliphatic rings. The number of ether oxygens (including phenoxy) is 3. The third kappa shape index (κ3) is 11.3. The second kappa shape index (κ2) is 14.7. The van der Waals surface area contributed by atoms with Gasteiger partial charge in [-0.05, 0) is 42.9 Å². The maximum Gasteiger partial charge on any atom is 0.324 e. The predicted molar refractivity (Wildman–Crippen MR) is 139 cm³/mol. The van der Waals surface area contributed by atoms with E-state index in [9.17, 15) is 24.3 Å². The molecule has 2 unspecified atom stereocenters. The number of hydrogen-bond acceptors (Lipinski definition) is 8. The van der Waals surface area contributed by atoms with Gasteiger partial charge < -0.3 is 25.1 Å². The van der Waals surface area contributed by atoms with Crippen LogP contribution in [0.3, 0.4) is 0 Å². The van der Waals surface area contributed by atoms with E-state index in [0.717, 1.165) is 6.42 Å². The van der Waals surface area contributed by atoms with Gasteiger partial charge in [0.25, 0.3) is 0 Å². The van der Waals surface area contributed by atoms with Crippen LogP contribution in [0.15, 0.2) is 18.2 Å². The molecule has 0 aliphatic carbocycles. The molecular formula is C28H43NO8. The molecular weight excluding hydrogens is 478 g/mol. The van der Waals surface area contributed by atoms with Gasteiger partial charge >= 0.3 is 23.9 Å². The molecule has 0 bridgehead atoms. The Hall–Kier alpha value is -2.94. The van der Waals surface area contributed by atoms with Crippen molar-refractivity contribution in [1.29, 1.82) is 0 Å². The maximum atomic E-state index is 12.4. The lowest BCUT2D eigenvalue weighted by molar-refractivity contribution is -0.156. The van der Waals surface area contributed by atoms with Crippen molar-refractivity contribution in [2.24, 2.45) is 23.5 Å². The average Bonchev–Trinajstić information content (AvgIpc) is 2.74. The summed E-state index contributed by atoms with van der Waals surface area (Å²) < 4.78 is 16.4. The number of carbonyl (C=O) groups excluding carboxylic acids is 3. The molecule has 9 nitrogen and oxygen atoms in total. The molecule has 1 aromatic rings. The topological polar surface area (TPSA) is 142 Å². The number of rotatable bonds is 15. The predicted octanol–water partition coefficient (Wildman–Crippen LogP) is 4.67. The Balaban J connectivity index is 3.17. The van der Waals surface area contributed by atoms with Crippen LogP contribution < -0.4 is 15.2 Å². The highest BCUT2D eigenvalue weighted by molar-refractivity contribution is 5.80. The third-order valence-electron chi connectivity index (χ3n) is 5.64. The lowest BCUT2D eigenvalue weighted by atomic mass is 9.86. The molecule has 0 spiro atoms. The Morgan fingerprint density at radius 2 is 1.46 bits per heavy atom. The first-order chi connectivity index (χ1) is 17.2. The van der Waals surface area contributed by atoms with E-state index in [-0.39, 0.29) is 54.9 Å². The highest BCUT2D eigenvalue weighted by Gasteiger charge is 2.37. The van der Waals surface area contributed by atoms with Gasteiger partial charge in [-0.1, -0.05) is 54.0 Å². The minimum Gasteiger partial charge on any atom is -0.480 e. The van der Waals surface area contributed by atoms with Crippen LogP contribution in [0, 0.1) is 17.8 Å². The van der Waals surface area contributed by atoms with Crippen LogP contribution in [0.4, 0.5) is 0 Å². The number of carboxylic acid groups (broad SMARTS) is 1. The van der Waals surface area contributed by atoms with Crippen molar-refractivity contribution in [1.82, 2.24) is 0 Å². The van der Waals surface area contributed by atoms with E-state index in [0.29, 0.717) is 12.0 Å². The summed E-state index contributed by atoms with van der Waals surface area (Å²) >= 11 is 0. The van der Waals surface area contributed by atoms with E-state index in [4.69, 9.17) is 19.9 Å². The summed E-state index contributed by atoms with van der Waals surface area (Å²) in [6.07, 6.45) is 0.841. The quantitative estimate of drug-likeness (QED) is 0.248. The first-order valence-electron chi connectivity index (χ1n) is 12.9. The highest BCUT2D eigenvalue weighted by Crippen LogP contribution is 2.32. The van der Waals surface area contributed by atoms with Gasteiger partial charge in [-0.25, -0.2) is 0 Å². The van der Waals surface area contributed by atoms with Gasteiger partial charge in [-0.2, -0.15) is 0 Å². The zero-order valence-electron chi connectivity index (χ0n) is 23.2. The van der Waals surface area contributed by atoms with Crippen LogP contribution in [0.2, 0.25) is 0 Å². The first-order valence-corrected chi connectivity index (χ1v) is 12.9. The van der Waals surface area contributed by atoms with Crippen molar-refractivity contribution in [3.05, 3.63) is 23.8 Å². The first kappa shape index (κ1) is 32.1. The lowest BCUT2D eigenvalue weighted by Gasteiger charge is -2.28. The Morgan fingerprint density at radius 3 is 1.95 bits per heavy atom. The molecule has 3 N–H and O–H groups in total. The highest BCUT2D eigenvalue weighted by atomic mass is 16.6. The Bertz CT molecular complexity index is 942. The Morgan fingerprint density at radius 1 is 0.919 bits per heavy atom. The van der Waals surface area contributed by atoms with Crippen LogP contribution in [-0.4, -0.2) is 40.6 Å². The average molecular weight is 522 g/mol. The SMILES string of the molecule is CCCC(C)C(=O)O[C@@H](C)CC(N)(Cc1ccc(OC(=O)CC(C)C)c(OC(=O)CC(C)C)c1)C(=O)O. The molecule has 0 heterocycles.